The molecule has 0 saturated heterocycles. The van der Waals surface area contributed by atoms with Gasteiger partial charge in [-0.15, -0.1) is 11.3 Å². The van der Waals surface area contributed by atoms with Gasteiger partial charge in [0.2, 0.25) is 0 Å². The van der Waals surface area contributed by atoms with Gasteiger partial charge in [0.25, 0.3) is 5.56 Å². The molecular formula is C11H11F3N2O2S. The van der Waals surface area contributed by atoms with Crippen LogP contribution in [-0.2, 0) is 6.54 Å². The Balaban J connectivity index is 2.64. The minimum absolute atomic E-state index is 0.296. The van der Waals surface area contributed by atoms with Gasteiger partial charge in [0.15, 0.2) is 0 Å². The number of halogens is 3. The second kappa shape index (κ2) is 4.52. The first kappa shape index (κ1) is 13.9. The number of rotatable bonds is 2. The molecule has 0 aliphatic rings. The van der Waals surface area contributed by atoms with Crippen LogP contribution in [-0.4, -0.2) is 15.7 Å². The van der Waals surface area contributed by atoms with Gasteiger partial charge in [-0.05, 0) is 19.4 Å². The minimum Gasteiger partial charge on any atom is -0.284 e. The van der Waals surface area contributed by atoms with E-state index in [1.54, 1.807) is 13.8 Å². The van der Waals surface area contributed by atoms with Gasteiger partial charge in [-0.25, -0.2) is 4.79 Å². The lowest BCUT2D eigenvalue weighted by Crippen LogP contribution is -2.31. The molecule has 0 radical (unpaired) electrons. The average molecular weight is 292 g/mol. The predicted molar refractivity (Wildman–Crippen MR) is 66.9 cm³/mol. The van der Waals surface area contributed by atoms with E-state index in [0.717, 1.165) is 20.8 Å². The van der Waals surface area contributed by atoms with Crippen molar-refractivity contribution in [3.8, 4) is 0 Å². The number of alkyl halides is 3. The van der Waals surface area contributed by atoms with Gasteiger partial charge in [0.05, 0.1) is 11.8 Å². The van der Waals surface area contributed by atoms with Crippen LogP contribution < -0.4 is 11.2 Å². The van der Waals surface area contributed by atoms with Crippen LogP contribution in [0.3, 0.4) is 0 Å². The van der Waals surface area contributed by atoms with Gasteiger partial charge in [0, 0.05) is 11.4 Å². The number of aromatic amines is 1. The lowest BCUT2D eigenvalue weighted by Gasteiger charge is -2.09. The molecule has 0 saturated carbocycles. The summed E-state index contributed by atoms with van der Waals surface area (Å²) in [5.74, 6) is 0. The molecule has 2 aromatic rings. The molecule has 104 valence electrons. The van der Waals surface area contributed by atoms with E-state index in [2.05, 4.69) is 4.98 Å². The van der Waals surface area contributed by atoms with E-state index in [9.17, 15) is 22.8 Å². The molecule has 4 nitrogen and oxygen atoms in total. The third kappa shape index (κ3) is 2.58. The zero-order valence-electron chi connectivity index (χ0n) is 10.2. The Morgan fingerprint density at radius 1 is 1.26 bits per heavy atom. The number of thiophene rings is 1. The molecule has 0 aromatic carbocycles. The number of H-pyrrole nitrogens is 1. The molecule has 0 bridgehead atoms. The largest absolute Gasteiger partial charge is 0.390 e. The number of aryl methyl sites for hydroxylation is 3. The summed E-state index contributed by atoms with van der Waals surface area (Å²) in [5.41, 5.74) is -0.657. The zero-order valence-corrected chi connectivity index (χ0v) is 11.0. The van der Waals surface area contributed by atoms with Crippen LogP contribution in [0.2, 0.25) is 0 Å². The van der Waals surface area contributed by atoms with Crippen molar-refractivity contribution >= 4 is 21.6 Å². The van der Waals surface area contributed by atoms with Gasteiger partial charge in [-0.1, -0.05) is 0 Å². The Bertz CT molecular complexity index is 739. The fourth-order valence-corrected chi connectivity index (χ4v) is 3.00. The molecular weight excluding hydrogens is 281 g/mol. The maximum Gasteiger partial charge on any atom is 0.390 e. The van der Waals surface area contributed by atoms with Gasteiger partial charge in [-0.2, -0.15) is 13.2 Å². The Morgan fingerprint density at radius 3 is 2.47 bits per heavy atom. The average Bonchev–Trinajstić information content (AvgIpc) is 2.53. The van der Waals surface area contributed by atoms with E-state index < -0.39 is 30.4 Å². The molecule has 2 rings (SSSR count). The monoisotopic (exact) mass is 292 g/mol. The zero-order chi connectivity index (χ0) is 14.4. The number of aromatic nitrogens is 2. The lowest BCUT2D eigenvalue weighted by atomic mass is 10.2. The summed E-state index contributed by atoms with van der Waals surface area (Å²) in [6, 6.07) is 0. The smallest absolute Gasteiger partial charge is 0.284 e. The summed E-state index contributed by atoms with van der Waals surface area (Å²) >= 11 is 1.16. The molecule has 0 atom stereocenters. The first-order chi connectivity index (χ1) is 8.70. The maximum atomic E-state index is 12.3. The summed E-state index contributed by atoms with van der Waals surface area (Å²) in [4.78, 5) is 26.5. The van der Waals surface area contributed by atoms with Crippen LogP contribution in [0.15, 0.2) is 9.59 Å². The van der Waals surface area contributed by atoms with E-state index in [1.165, 1.54) is 0 Å². The maximum absolute atomic E-state index is 12.3. The Labute approximate surface area is 109 Å². The van der Waals surface area contributed by atoms with E-state index in [0.29, 0.717) is 15.8 Å². The third-order valence-electron chi connectivity index (χ3n) is 2.92. The first-order valence-corrected chi connectivity index (χ1v) is 6.32. The van der Waals surface area contributed by atoms with E-state index in [-0.39, 0.29) is 0 Å². The minimum atomic E-state index is -4.34. The van der Waals surface area contributed by atoms with Crippen LogP contribution in [0, 0.1) is 13.8 Å². The molecule has 19 heavy (non-hydrogen) atoms. The number of hydrogen-bond acceptors (Lipinski definition) is 3. The van der Waals surface area contributed by atoms with Crippen molar-refractivity contribution in [3.05, 3.63) is 31.3 Å². The summed E-state index contributed by atoms with van der Waals surface area (Å²) in [6.45, 7) is 2.98. The van der Waals surface area contributed by atoms with Gasteiger partial charge in [0.1, 0.15) is 4.83 Å². The Morgan fingerprint density at radius 2 is 1.89 bits per heavy atom. The highest BCUT2D eigenvalue weighted by Gasteiger charge is 2.27. The van der Waals surface area contributed by atoms with Gasteiger partial charge >= 0.3 is 11.9 Å². The third-order valence-corrected chi connectivity index (χ3v) is 4.15. The SMILES string of the molecule is Cc1sc2c(c1C)c(=O)[nH]c(=O)n2CCC(F)(F)F. The van der Waals surface area contributed by atoms with Gasteiger partial charge < -0.3 is 0 Å². The molecule has 2 aromatic heterocycles. The van der Waals surface area contributed by atoms with Crippen molar-refractivity contribution in [1.82, 2.24) is 9.55 Å². The highest BCUT2D eigenvalue weighted by Crippen LogP contribution is 2.27. The fourth-order valence-electron chi connectivity index (χ4n) is 1.83. The molecule has 2 heterocycles. The summed E-state index contributed by atoms with van der Waals surface area (Å²) < 4.78 is 37.7. The number of hydrogen-bond donors (Lipinski definition) is 1. The molecule has 0 aliphatic heterocycles. The van der Waals surface area contributed by atoms with E-state index in [1.807, 2.05) is 0 Å². The molecule has 0 spiro atoms. The molecule has 0 unspecified atom stereocenters. The molecule has 0 aliphatic carbocycles. The van der Waals surface area contributed by atoms with E-state index in [4.69, 9.17) is 0 Å². The standard InChI is InChI=1S/C11H11F3N2O2S/c1-5-6(2)19-9-7(5)8(17)15-10(18)16(9)4-3-11(12,13)14/h3-4H2,1-2H3,(H,15,17,18). The molecule has 0 amide bonds. The van der Waals surface area contributed by atoms with Crippen molar-refractivity contribution in [2.45, 2.75) is 33.0 Å². The second-order valence-corrected chi connectivity index (χ2v) is 5.44. The number of fused-ring (bicyclic) bond motifs is 1. The fraction of sp³-hybridized carbons (Fsp3) is 0.455. The molecule has 1 N–H and O–H groups in total. The van der Waals surface area contributed by atoms with Crippen molar-refractivity contribution in [2.75, 3.05) is 0 Å². The molecule has 0 fully saturated rings. The topological polar surface area (TPSA) is 54.9 Å². The van der Waals surface area contributed by atoms with Crippen LogP contribution >= 0.6 is 11.3 Å². The van der Waals surface area contributed by atoms with Crippen LogP contribution in [0.1, 0.15) is 16.9 Å². The summed E-state index contributed by atoms with van der Waals surface area (Å²) in [6.07, 6.45) is -5.45. The normalized spacial score (nSPS) is 12.3. The summed E-state index contributed by atoms with van der Waals surface area (Å²) in [5, 5.41) is 0.296. The number of nitrogens with one attached hydrogen (secondary N) is 1. The van der Waals surface area contributed by atoms with Crippen LogP contribution in [0.4, 0.5) is 13.2 Å². The van der Waals surface area contributed by atoms with E-state index >= 15 is 0 Å². The van der Waals surface area contributed by atoms with Crippen molar-refractivity contribution in [1.29, 1.82) is 0 Å². The predicted octanol–water partition coefficient (Wildman–Crippen LogP) is 2.32. The van der Waals surface area contributed by atoms with Gasteiger partial charge in [-0.3, -0.25) is 14.3 Å². The quantitative estimate of drug-likeness (QED) is 0.923. The Kier molecular flexibility index (Phi) is 3.29. The van der Waals surface area contributed by atoms with Crippen molar-refractivity contribution in [3.63, 3.8) is 0 Å². The first-order valence-electron chi connectivity index (χ1n) is 5.50. The Hall–Kier alpha value is -1.57. The second-order valence-electron chi connectivity index (χ2n) is 4.24. The lowest BCUT2D eigenvalue weighted by molar-refractivity contribution is -0.136. The highest BCUT2D eigenvalue weighted by atomic mass is 32.1. The number of nitrogens with zero attached hydrogens (tertiary/aromatic N) is 1. The van der Waals surface area contributed by atoms with Crippen LogP contribution in [0.5, 0.6) is 0 Å². The molecule has 8 heteroatoms. The van der Waals surface area contributed by atoms with Crippen molar-refractivity contribution < 1.29 is 13.2 Å². The highest BCUT2D eigenvalue weighted by molar-refractivity contribution is 7.18. The van der Waals surface area contributed by atoms with Crippen LogP contribution in [0.25, 0.3) is 10.2 Å². The van der Waals surface area contributed by atoms with Crippen molar-refractivity contribution in [2.24, 2.45) is 0 Å². The summed E-state index contributed by atoms with van der Waals surface area (Å²) in [7, 11) is 0.